The molecule has 1 unspecified atom stereocenters. The van der Waals surface area contributed by atoms with Crippen LogP contribution in [0, 0.1) is 11.6 Å². The maximum Gasteiger partial charge on any atom is 0.234 e. The van der Waals surface area contributed by atoms with Gasteiger partial charge >= 0.3 is 0 Å². The molecule has 1 rings (SSSR count). The number of halogens is 2. The smallest absolute Gasteiger partial charge is 0.234 e. The van der Waals surface area contributed by atoms with Crippen LogP contribution in [0.25, 0.3) is 0 Å². The van der Waals surface area contributed by atoms with Gasteiger partial charge in [-0.15, -0.1) is 6.58 Å². The maximum atomic E-state index is 13.4. The average Bonchev–Trinajstić information content (AvgIpc) is 2.32. The van der Waals surface area contributed by atoms with Gasteiger partial charge in [-0.25, -0.2) is 8.78 Å². The maximum absolute atomic E-state index is 13.4. The van der Waals surface area contributed by atoms with E-state index in [-0.39, 0.29) is 18.0 Å². The van der Waals surface area contributed by atoms with Crippen LogP contribution < -0.4 is 10.6 Å². The topological polar surface area (TPSA) is 41.1 Å². The SMILES string of the molecule is C=CCNCC(=O)NC(C)c1cc(F)ccc1F. The van der Waals surface area contributed by atoms with Crippen LogP contribution in [0.4, 0.5) is 8.78 Å². The van der Waals surface area contributed by atoms with E-state index in [9.17, 15) is 13.6 Å². The van der Waals surface area contributed by atoms with Crippen LogP contribution in [0.2, 0.25) is 0 Å². The third-order valence-corrected chi connectivity index (χ3v) is 2.38. The average molecular weight is 254 g/mol. The van der Waals surface area contributed by atoms with Crippen molar-refractivity contribution in [2.45, 2.75) is 13.0 Å². The van der Waals surface area contributed by atoms with Crippen LogP contribution in [0.3, 0.4) is 0 Å². The number of carbonyl (C=O) groups is 1. The molecule has 0 fully saturated rings. The van der Waals surface area contributed by atoms with Gasteiger partial charge in [0, 0.05) is 12.1 Å². The molecule has 5 heteroatoms. The van der Waals surface area contributed by atoms with Gasteiger partial charge in [-0.3, -0.25) is 4.79 Å². The van der Waals surface area contributed by atoms with Crippen molar-refractivity contribution in [3.8, 4) is 0 Å². The zero-order chi connectivity index (χ0) is 13.5. The van der Waals surface area contributed by atoms with E-state index in [0.717, 1.165) is 18.2 Å². The van der Waals surface area contributed by atoms with Crippen molar-refractivity contribution in [1.29, 1.82) is 0 Å². The highest BCUT2D eigenvalue weighted by Crippen LogP contribution is 2.17. The fourth-order valence-corrected chi connectivity index (χ4v) is 1.50. The summed E-state index contributed by atoms with van der Waals surface area (Å²) in [6, 6.07) is 2.58. The summed E-state index contributed by atoms with van der Waals surface area (Å²) in [7, 11) is 0. The Kier molecular flexibility index (Phi) is 5.45. The van der Waals surface area contributed by atoms with Crippen molar-refractivity contribution < 1.29 is 13.6 Å². The number of rotatable bonds is 6. The zero-order valence-corrected chi connectivity index (χ0v) is 10.2. The molecule has 0 bridgehead atoms. The van der Waals surface area contributed by atoms with E-state index in [1.165, 1.54) is 0 Å². The predicted molar refractivity (Wildman–Crippen MR) is 66.0 cm³/mol. The van der Waals surface area contributed by atoms with Crippen LogP contribution in [-0.4, -0.2) is 19.0 Å². The van der Waals surface area contributed by atoms with Gasteiger partial charge in [0.15, 0.2) is 0 Å². The van der Waals surface area contributed by atoms with E-state index in [0.29, 0.717) is 6.54 Å². The number of hydrogen-bond acceptors (Lipinski definition) is 2. The lowest BCUT2D eigenvalue weighted by Gasteiger charge is -2.15. The van der Waals surface area contributed by atoms with Crippen molar-refractivity contribution in [2.24, 2.45) is 0 Å². The molecule has 0 saturated heterocycles. The minimum Gasteiger partial charge on any atom is -0.348 e. The highest BCUT2D eigenvalue weighted by atomic mass is 19.1. The molecule has 1 aromatic rings. The van der Waals surface area contributed by atoms with Gasteiger partial charge in [0.2, 0.25) is 5.91 Å². The number of hydrogen-bond donors (Lipinski definition) is 2. The molecule has 1 aromatic carbocycles. The summed E-state index contributed by atoms with van der Waals surface area (Å²) >= 11 is 0. The molecule has 0 aliphatic rings. The van der Waals surface area contributed by atoms with Gasteiger partial charge in [0.25, 0.3) is 0 Å². The monoisotopic (exact) mass is 254 g/mol. The number of amides is 1. The molecular formula is C13H16F2N2O. The highest BCUT2D eigenvalue weighted by molar-refractivity contribution is 5.78. The summed E-state index contributed by atoms with van der Waals surface area (Å²) in [5.74, 6) is -1.35. The Morgan fingerprint density at radius 3 is 2.89 bits per heavy atom. The summed E-state index contributed by atoms with van der Waals surface area (Å²) in [6.07, 6.45) is 1.63. The van der Waals surface area contributed by atoms with Gasteiger partial charge < -0.3 is 10.6 Å². The highest BCUT2D eigenvalue weighted by Gasteiger charge is 2.14. The first-order valence-electron chi connectivity index (χ1n) is 5.60. The summed E-state index contributed by atoms with van der Waals surface area (Å²) in [5.41, 5.74) is 0.132. The van der Waals surface area contributed by atoms with Crippen LogP contribution in [0.15, 0.2) is 30.9 Å². The van der Waals surface area contributed by atoms with Crippen molar-refractivity contribution in [3.63, 3.8) is 0 Å². The summed E-state index contributed by atoms with van der Waals surface area (Å²) < 4.78 is 26.4. The third kappa shape index (κ3) is 4.25. The Balaban J connectivity index is 2.58. The zero-order valence-electron chi connectivity index (χ0n) is 10.2. The van der Waals surface area contributed by atoms with Crippen LogP contribution >= 0.6 is 0 Å². The summed E-state index contributed by atoms with van der Waals surface area (Å²) in [5, 5.41) is 5.40. The molecule has 1 amide bonds. The standard InChI is InChI=1S/C13H16F2N2O/c1-3-6-16-8-13(18)17-9(2)11-7-10(14)4-5-12(11)15/h3-5,7,9,16H,1,6,8H2,2H3,(H,17,18). The largest absolute Gasteiger partial charge is 0.348 e. The van der Waals surface area contributed by atoms with Gasteiger partial charge in [0.05, 0.1) is 12.6 Å². The Labute approximate surface area is 105 Å². The molecule has 1 atom stereocenters. The second-order valence-electron chi connectivity index (χ2n) is 3.87. The molecule has 0 radical (unpaired) electrons. The fourth-order valence-electron chi connectivity index (χ4n) is 1.50. The number of nitrogens with one attached hydrogen (secondary N) is 2. The quantitative estimate of drug-likeness (QED) is 0.601. The molecule has 0 spiro atoms. The molecule has 18 heavy (non-hydrogen) atoms. The van der Waals surface area contributed by atoms with Crippen LogP contribution in [0.1, 0.15) is 18.5 Å². The van der Waals surface area contributed by atoms with Gasteiger partial charge in [-0.2, -0.15) is 0 Å². The van der Waals surface area contributed by atoms with Crippen molar-refractivity contribution in [1.82, 2.24) is 10.6 Å². The molecule has 0 heterocycles. The Hall–Kier alpha value is -1.75. The summed E-state index contributed by atoms with van der Waals surface area (Å²) in [4.78, 5) is 11.5. The van der Waals surface area contributed by atoms with E-state index in [4.69, 9.17) is 0 Å². The van der Waals surface area contributed by atoms with E-state index in [1.807, 2.05) is 0 Å². The molecule has 0 aliphatic carbocycles. The first kappa shape index (κ1) is 14.3. The molecule has 0 aromatic heterocycles. The molecule has 98 valence electrons. The second-order valence-corrected chi connectivity index (χ2v) is 3.87. The Morgan fingerprint density at radius 1 is 1.50 bits per heavy atom. The predicted octanol–water partition coefficient (Wildman–Crippen LogP) is 1.92. The molecule has 3 nitrogen and oxygen atoms in total. The molecule has 0 saturated carbocycles. The van der Waals surface area contributed by atoms with Crippen LogP contribution in [0.5, 0.6) is 0 Å². The minimum absolute atomic E-state index is 0.104. The van der Waals surface area contributed by atoms with Crippen molar-refractivity contribution in [2.75, 3.05) is 13.1 Å². The third-order valence-electron chi connectivity index (χ3n) is 2.38. The Morgan fingerprint density at radius 2 is 2.22 bits per heavy atom. The first-order valence-corrected chi connectivity index (χ1v) is 5.60. The number of carbonyl (C=O) groups excluding carboxylic acids is 1. The molecular weight excluding hydrogens is 238 g/mol. The lowest BCUT2D eigenvalue weighted by atomic mass is 10.1. The molecule has 0 aliphatic heterocycles. The van der Waals surface area contributed by atoms with Gasteiger partial charge in [-0.05, 0) is 25.1 Å². The van der Waals surface area contributed by atoms with Gasteiger partial charge in [0.1, 0.15) is 11.6 Å². The van der Waals surface area contributed by atoms with E-state index >= 15 is 0 Å². The van der Waals surface area contributed by atoms with Crippen molar-refractivity contribution >= 4 is 5.91 Å². The lowest BCUT2D eigenvalue weighted by Crippen LogP contribution is -2.35. The minimum atomic E-state index is -0.585. The molecule has 2 N–H and O–H groups in total. The van der Waals surface area contributed by atoms with E-state index in [2.05, 4.69) is 17.2 Å². The van der Waals surface area contributed by atoms with Crippen molar-refractivity contribution in [3.05, 3.63) is 48.1 Å². The first-order chi connectivity index (χ1) is 8.54. The lowest BCUT2D eigenvalue weighted by molar-refractivity contribution is -0.120. The van der Waals surface area contributed by atoms with E-state index < -0.39 is 17.7 Å². The van der Waals surface area contributed by atoms with E-state index in [1.54, 1.807) is 13.0 Å². The number of benzene rings is 1. The normalized spacial score (nSPS) is 11.9. The second kappa shape index (κ2) is 6.86. The fraction of sp³-hybridized carbons (Fsp3) is 0.308. The van der Waals surface area contributed by atoms with Gasteiger partial charge in [-0.1, -0.05) is 6.08 Å². The summed E-state index contributed by atoms with van der Waals surface area (Å²) in [6.45, 7) is 5.72. The van der Waals surface area contributed by atoms with Crippen LogP contribution in [-0.2, 0) is 4.79 Å². The Bertz CT molecular complexity index is 435.